The van der Waals surface area contributed by atoms with Crippen molar-refractivity contribution in [3.63, 3.8) is 0 Å². The fourth-order valence-electron chi connectivity index (χ4n) is 3.17. The molecule has 1 amide bonds. The van der Waals surface area contributed by atoms with Crippen LogP contribution in [0.1, 0.15) is 35.3 Å². The van der Waals surface area contributed by atoms with Gasteiger partial charge in [0.2, 0.25) is 0 Å². The van der Waals surface area contributed by atoms with Crippen LogP contribution in [-0.4, -0.2) is 27.4 Å². The fraction of sp³-hybridized carbons (Fsp3) is 0.286. The molecule has 6 heteroatoms. The molecule has 1 aromatic heterocycles. The lowest BCUT2D eigenvalue weighted by Gasteiger charge is -2.18. The Bertz CT molecular complexity index is 1090. The van der Waals surface area contributed by atoms with Crippen molar-refractivity contribution in [1.82, 2.24) is 14.5 Å². The lowest BCUT2D eigenvalue weighted by molar-refractivity contribution is 0.0785. The summed E-state index contributed by atoms with van der Waals surface area (Å²) in [4.78, 5) is 40.8. The molecule has 140 valence electrons. The first-order chi connectivity index (χ1) is 12.9. The van der Waals surface area contributed by atoms with E-state index in [9.17, 15) is 14.4 Å². The summed E-state index contributed by atoms with van der Waals surface area (Å²) in [5.74, 6) is -0.147. The molecule has 27 heavy (non-hydrogen) atoms. The third kappa shape index (κ3) is 3.69. The van der Waals surface area contributed by atoms with Crippen LogP contribution in [0.5, 0.6) is 0 Å². The number of hydrogen-bond acceptors (Lipinski definition) is 3. The van der Waals surface area contributed by atoms with Crippen LogP contribution < -0.4 is 11.1 Å². The van der Waals surface area contributed by atoms with Gasteiger partial charge in [0.25, 0.3) is 5.91 Å². The number of amides is 1. The number of benzene rings is 2. The highest BCUT2D eigenvalue weighted by Gasteiger charge is 2.14. The lowest BCUT2D eigenvalue weighted by atomic mass is 10.1. The van der Waals surface area contributed by atoms with Crippen molar-refractivity contribution < 1.29 is 4.79 Å². The van der Waals surface area contributed by atoms with Crippen LogP contribution in [0.2, 0.25) is 0 Å². The SMILES string of the molecule is CCc1ccc(CN(C)C(=O)c2ccc3c(c2)[nH]c(=O)c(=O)n3CC)cc1. The Balaban J connectivity index is 1.89. The molecule has 0 aliphatic carbocycles. The van der Waals surface area contributed by atoms with E-state index in [-0.39, 0.29) is 5.91 Å². The molecule has 0 radical (unpaired) electrons. The first kappa shape index (κ1) is 18.6. The zero-order valence-electron chi connectivity index (χ0n) is 15.8. The molecule has 3 rings (SSSR count). The van der Waals surface area contributed by atoms with E-state index in [0.29, 0.717) is 29.7 Å². The molecular formula is C21H23N3O3. The average Bonchev–Trinajstić information content (AvgIpc) is 2.68. The third-order valence-electron chi connectivity index (χ3n) is 4.74. The minimum absolute atomic E-state index is 0.147. The quantitative estimate of drug-likeness (QED) is 0.706. The van der Waals surface area contributed by atoms with Crippen molar-refractivity contribution in [2.75, 3.05) is 7.05 Å². The fourth-order valence-corrected chi connectivity index (χ4v) is 3.17. The minimum Gasteiger partial charge on any atom is -0.337 e. The zero-order chi connectivity index (χ0) is 19.6. The van der Waals surface area contributed by atoms with Crippen molar-refractivity contribution in [1.29, 1.82) is 0 Å². The topological polar surface area (TPSA) is 75.2 Å². The molecular weight excluding hydrogens is 342 g/mol. The van der Waals surface area contributed by atoms with Crippen molar-refractivity contribution in [3.8, 4) is 0 Å². The maximum atomic E-state index is 12.8. The summed E-state index contributed by atoms with van der Waals surface area (Å²) in [5.41, 5.74) is 2.59. The third-order valence-corrected chi connectivity index (χ3v) is 4.74. The van der Waals surface area contributed by atoms with E-state index in [4.69, 9.17) is 0 Å². The van der Waals surface area contributed by atoms with Gasteiger partial charge in [-0.05, 0) is 42.7 Å². The number of aryl methyl sites for hydroxylation is 2. The number of aromatic amines is 1. The Morgan fingerprint density at radius 1 is 1.04 bits per heavy atom. The van der Waals surface area contributed by atoms with E-state index in [0.717, 1.165) is 12.0 Å². The molecule has 0 saturated carbocycles. The van der Waals surface area contributed by atoms with Gasteiger partial charge in [-0.1, -0.05) is 31.2 Å². The number of hydrogen-bond donors (Lipinski definition) is 1. The summed E-state index contributed by atoms with van der Waals surface area (Å²) in [6.45, 7) is 4.79. The summed E-state index contributed by atoms with van der Waals surface area (Å²) >= 11 is 0. The summed E-state index contributed by atoms with van der Waals surface area (Å²) in [6.07, 6.45) is 0.979. The smallest absolute Gasteiger partial charge is 0.316 e. The molecule has 0 bridgehead atoms. The summed E-state index contributed by atoms with van der Waals surface area (Å²) in [6, 6.07) is 13.2. The first-order valence-electron chi connectivity index (χ1n) is 9.04. The number of rotatable bonds is 5. The molecule has 0 unspecified atom stereocenters. The first-order valence-corrected chi connectivity index (χ1v) is 9.04. The predicted octanol–water partition coefficient (Wildman–Crippen LogP) is 2.54. The molecule has 2 aromatic carbocycles. The van der Waals surface area contributed by atoms with Gasteiger partial charge < -0.3 is 14.5 Å². The molecule has 0 aliphatic rings. The maximum absolute atomic E-state index is 12.8. The van der Waals surface area contributed by atoms with Crippen molar-refractivity contribution >= 4 is 16.9 Å². The Morgan fingerprint density at radius 3 is 2.33 bits per heavy atom. The predicted molar refractivity (Wildman–Crippen MR) is 106 cm³/mol. The molecule has 0 fully saturated rings. The molecule has 0 atom stereocenters. The van der Waals surface area contributed by atoms with Crippen molar-refractivity contribution in [3.05, 3.63) is 79.9 Å². The van der Waals surface area contributed by atoms with E-state index in [1.54, 1.807) is 37.1 Å². The van der Waals surface area contributed by atoms with Gasteiger partial charge in [-0.3, -0.25) is 14.4 Å². The normalized spacial score (nSPS) is 10.9. The molecule has 0 saturated heterocycles. The van der Waals surface area contributed by atoms with Crippen LogP contribution in [0.3, 0.4) is 0 Å². The van der Waals surface area contributed by atoms with Crippen LogP contribution >= 0.6 is 0 Å². The zero-order valence-corrected chi connectivity index (χ0v) is 15.8. The van der Waals surface area contributed by atoms with E-state index in [2.05, 4.69) is 24.0 Å². The summed E-state index contributed by atoms with van der Waals surface area (Å²) < 4.78 is 1.40. The van der Waals surface area contributed by atoms with E-state index in [1.807, 2.05) is 12.1 Å². The summed E-state index contributed by atoms with van der Waals surface area (Å²) in [5, 5.41) is 0. The van der Waals surface area contributed by atoms with Gasteiger partial charge in [0.1, 0.15) is 0 Å². The number of H-pyrrole nitrogens is 1. The molecule has 1 heterocycles. The van der Waals surface area contributed by atoms with Crippen LogP contribution in [0.15, 0.2) is 52.1 Å². The Morgan fingerprint density at radius 2 is 1.70 bits per heavy atom. The number of aromatic nitrogens is 2. The molecule has 0 aliphatic heterocycles. The van der Waals surface area contributed by atoms with Gasteiger partial charge in [0.15, 0.2) is 0 Å². The second-order valence-corrected chi connectivity index (χ2v) is 6.57. The van der Waals surface area contributed by atoms with Gasteiger partial charge in [-0.25, -0.2) is 0 Å². The monoisotopic (exact) mass is 365 g/mol. The van der Waals surface area contributed by atoms with Crippen molar-refractivity contribution in [2.45, 2.75) is 33.4 Å². The van der Waals surface area contributed by atoms with Gasteiger partial charge in [0.05, 0.1) is 11.0 Å². The van der Waals surface area contributed by atoms with Crippen molar-refractivity contribution in [2.24, 2.45) is 0 Å². The van der Waals surface area contributed by atoms with Gasteiger partial charge in [0, 0.05) is 25.7 Å². The van der Waals surface area contributed by atoms with Crippen LogP contribution in [0.4, 0.5) is 0 Å². The second kappa shape index (κ2) is 7.61. The average molecular weight is 365 g/mol. The summed E-state index contributed by atoms with van der Waals surface area (Å²) in [7, 11) is 1.75. The van der Waals surface area contributed by atoms with Gasteiger partial charge in [-0.2, -0.15) is 0 Å². The molecule has 1 N–H and O–H groups in total. The number of carbonyl (C=O) groups is 1. The largest absolute Gasteiger partial charge is 0.337 e. The number of fused-ring (bicyclic) bond motifs is 1. The Labute approximate surface area is 157 Å². The highest BCUT2D eigenvalue weighted by atomic mass is 16.2. The molecule has 6 nitrogen and oxygen atoms in total. The standard InChI is InChI=1S/C21H23N3O3/c1-4-14-6-8-15(9-7-14)13-23(3)20(26)16-10-11-18-17(12-16)22-19(25)21(27)24(18)5-2/h6-12H,4-5,13H2,1-3H3,(H,22,25). The molecule has 0 spiro atoms. The minimum atomic E-state index is -0.682. The highest BCUT2D eigenvalue weighted by molar-refractivity contribution is 5.97. The number of nitrogens with one attached hydrogen (secondary N) is 1. The van der Waals surface area contributed by atoms with E-state index in [1.165, 1.54) is 10.1 Å². The Hall–Kier alpha value is -3.15. The van der Waals surface area contributed by atoms with Gasteiger partial charge >= 0.3 is 11.1 Å². The molecule has 3 aromatic rings. The number of carbonyl (C=O) groups excluding carboxylic acids is 1. The van der Waals surface area contributed by atoms with Gasteiger partial charge in [-0.15, -0.1) is 0 Å². The van der Waals surface area contributed by atoms with Crippen LogP contribution in [-0.2, 0) is 19.5 Å². The van der Waals surface area contributed by atoms with Crippen LogP contribution in [0.25, 0.3) is 11.0 Å². The Kier molecular flexibility index (Phi) is 5.26. The lowest BCUT2D eigenvalue weighted by Crippen LogP contribution is -2.36. The maximum Gasteiger partial charge on any atom is 0.316 e. The van der Waals surface area contributed by atoms with Crippen LogP contribution in [0, 0.1) is 0 Å². The van der Waals surface area contributed by atoms with E-state index < -0.39 is 11.1 Å². The highest BCUT2D eigenvalue weighted by Crippen LogP contribution is 2.15. The van der Waals surface area contributed by atoms with E-state index >= 15 is 0 Å². The second-order valence-electron chi connectivity index (χ2n) is 6.57. The number of nitrogens with zero attached hydrogens (tertiary/aromatic N) is 2.